The molecule has 0 bridgehead atoms. The molecule has 0 spiro atoms. The number of nitro benzene ring substituents is 1. The average molecular weight is 380 g/mol. The van der Waals surface area contributed by atoms with Gasteiger partial charge in [0.25, 0.3) is 11.6 Å². The molecule has 0 saturated carbocycles. The van der Waals surface area contributed by atoms with Crippen LogP contribution in [0.3, 0.4) is 0 Å². The van der Waals surface area contributed by atoms with E-state index in [9.17, 15) is 33.2 Å². The van der Waals surface area contributed by atoms with Crippen molar-refractivity contribution in [2.24, 2.45) is 5.10 Å². The number of aliphatic hydroxyl groups is 1. The van der Waals surface area contributed by atoms with Crippen LogP contribution in [0.1, 0.15) is 22.3 Å². The van der Waals surface area contributed by atoms with E-state index in [1.54, 1.807) is 0 Å². The third kappa shape index (κ3) is 3.36. The van der Waals surface area contributed by atoms with Crippen LogP contribution in [0, 0.1) is 10.1 Å². The van der Waals surface area contributed by atoms with E-state index in [2.05, 4.69) is 10.1 Å². The first-order chi connectivity index (χ1) is 12.6. The van der Waals surface area contributed by atoms with Gasteiger partial charge in [-0.2, -0.15) is 23.3 Å². The number of rotatable bonds is 3. The van der Waals surface area contributed by atoms with Gasteiger partial charge in [0.05, 0.1) is 16.9 Å². The van der Waals surface area contributed by atoms with Crippen molar-refractivity contribution in [1.29, 1.82) is 0 Å². The zero-order valence-corrected chi connectivity index (χ0v) is 13.4. The number of non-ortho nitro benzene ring substituents is 1. The Labute approximate surface area is 149 Å². The Morgan fingerprint density at radius 1 is 1.26 bits per heavy atom. The molecule has 2 heterocycles. The predicted molar refractivity (Wildman–Crippen MR) is 85.5 cm³/mol. The largest absolute Gasteiger partial charge is 0.431 e. The molecule has 1 aromatic heterocycles. The fourth-order valence-corrected chi connectivity index (χ4v) is 2.60. The number of pyridine rings is 1. The molecule has 1 atom stereocenters. The maximum Gasteiger partial charge on any atom is 0.431 e. The minimum Gasteiger partial charge on any atom is -0.365 e. The summed E-state index contributed by atoms with van der Waals surface area (Å²) < 4.78 is 39.4. The Bertz CT molecular complexity index is 916. The van der Waals surface area contributed by atoms with Crippen LogP contribution in [0.25, 0.3) is 0 Å². The normalized spacial score (nSPS) is 19.7. The molecule has 27 heavy (non-hydrogen) atoms. The van der Waals surface area contributed by atoms with Gasteiger partial charge in [-0.05, 0) is 24.3 Å². The van der Waals surface area contributed by atoms with Crippen LogP contribution in [0.2, 0.25) is 0 Å². The molecule has 8 nitrogen and oxygen atoms in total. The quantitative estimate of drug-likeness (QED) is 0.650. The molecule has 1 aromatic carbocycles. The van der Waals surface area contributed by atoms with Crippen molar-refractivity contribution in [1.82, 2.24) is 9.99 Å². The highest BCUT2D eigenvalue weighted by Crippen LogP contribution is 2.40. The Kier molecular flexibility index (Phi) is 4.39. The number of aromatic nitrogens is 1. The van der Waals surface area contributed by atoms with Crippen LogP contribution in [0.5, 0.6) is 0 Å². The topological polar surface area (TPSA) is 109 Å². The minimum atomic E-state index is -4.86. The summed E-state index contributed by atoms with van der Waals surface area (Å²) in [6.45, 7) is 0. The maximum absolute atomic E-state index is 13.1. The maximum atomic E-state index is 13.1. The highest BCUT2D eigenvalue weighted by Gasteiger charge is 2.53. The molecule has 2 aromatic rings. The number of nitro groups is 1. The third-order valence-electron chi connectivity index (χ3n) is 3.95. The van der Waals surface area contributed by atoms with E-state index in [0.717, 1.165) is 30.5 Å². The number of amides is 1. The van der Waals surface area contributed by atoms with Crippen LogP contribution in [-0.2, 0) is 5.72 Å². The smallest absolute Gasteiger partial charge is 0.365 e. The van der Waals surface area contributed by atoms with Gasteiger partial charge in [-0.25, -0.2) is 0 Å². The number of hydrogen-bond donors (Lipinski definition) is 1. The van der Waals surface area contributed by atoms with E-state index < -0.39 is 34.9 Å². The van der Waals surface area contributed by atoms with E-state index in [4.69, 9.17) is 0 Å². The minimum absolute atomic E-state index is 0.0787. The highest BCUT2D eigenvalue weighted by molar-refractivity contribution is 5.99. The van der Waals surface area contributed by atoms with Crippen molar-refractivity contribution >= 4 is 17.3 Å². The number of halogens is 3. The molecule has 0 radical (unpaired) electrons. The number of carbonyl (C=O) groups is 1. The van der Waals surface area contributed by atoms with E-state index >= 15 is 0 Å². The zero-order valence-electron chi connectivity index (χ0n) is 13.4. The van der Waals surface area contributed by atoms with Crippen LogP contribution in [-0.4, -0.2) is 37.8 Å². The predicted octanol–water partition coefficient (Wildman–Crippen LogP) is 2.60. The van der Waals surface area contributed by atoms with Gasteiger partial charge in [-0.3, -0.25) is 19.9 Å². The van der Waals surface area contributed by atoms with Crippen LogP contribution >= 0.6 is 0 Å². The van der Waals surface area contributed by atoms with Crippen LogP contribution < -0.4 is 0 Å². The molecule has 1 unspecified atom stereocenters. The Hall–Kier alpha value is -3.34. The molecule has 140 valence electrons. The van der Waals surface area contributed by atoms with E-state index in [1.807, 2.05) is 0 Å². The lowest BCUT2D eigenvalue weighted by molar-refractivity contribution is -0.384. The Balaban J connectivity index is 2.06. The summed E-state index contributed by atoms with van der Waals surface area (Å²) in [6.07, 6.45) is -3.38. The molecule has 3 rings (SSSR count). The lowest BCUT2D eigenvalue weighted by Gasteiger charge is -2.31. The van der Waals surface area contributed by atoms with Gasteiger partial charge in [0.1, 0.15) is 5.71 Å². The van der Waals surface area contributed by atoms with Gasteiger partial charge in [0.2, 0.25) is 0 Å². The summed E-state index contributed by atoms with van der Waals surface area (Å²) in [5.41, 5.74) is -4.34. The lowest BCUT2D eigenvalue weighted by Crippen LogP contribution is -2.43. The first-order valence-corrected chi connectivity index (χ1v) is 7.49. The second kappa shape index (κ2) is 6.43. The standard InChI is InChI=1S/C16H11F3N4O4/c17-16(18,19)13-8-15(25,11-3-5-12(6-4-11)23(26)27)22(21-13)14(24)10-2-1-7-20-9-10/h1-7,9,25H,8H2. The van der Waals surface area contributed by atoms with Crippen molar-refractivity contribution in [3.63, 3.8) is 0 Å². The van der Waals surface area contributed by atoms with Gasteiger partial charge in [-0.1, -0.05) is 0 Å². The summed E-state index contributed by atoms with van der Waals surface area (Å²) >= 11 is 0. The van der Waals surface area contributed by atoms with Crippen molar-refractivity contribution < 1.29 is 28.0 Å². The van der Waals surface area contributed by atoms with Gasteiger partial charge in [-0.15, -0.1) is 0 Å². The average Bonchev–Trinajstić information content (AvgIpc) is 3.01. The molecule has 1 aliphatic heterocycles. The van der Waals surface area contributed by atoms with Crippen molar-refractivity contribution in [2.75, 3.05) is 0 Å². The van der Waals surface area contributed by atoms with E-state index in [1.165, 1.54) is 18.3 Å². The monoisotopic (exact) mass is 380 g/mol. The number of benzene rings is 1. The van der Waals surface area contributed by atoms with Gasteiger partial charge in [0.15, 0.2) is 5.72 Å². The molecule has 0 fully saturated rings. The first kappa shape index (κ1) is 18.5. The molecular formula is C16H11F3N4O4. The second-order valence-corrected chi connectivity index (χ2v) is 5.70. The second-order valence-electron chi connectivity index (χ2n) is 5.70. The summed E-state index contributed by atoms with van der Waals surface area (Å²) in [4.78, 5) is 26.4. The Morgan fingerprint density at radius 2 is 1.93 bits per heavy atom. The molecule has 1 N–H and O–H groups in total. The van der Waals surface area contributed by atoms with Crippen LogP contribution in [0.4, 0.5) is 18.9 Å². The zero-order chi connectivity index (χ0) is 19.8. The molecule has 11 heteroatoms. The van der Waals surface area contributed by atoms with E-state index in [-0.39, 0.29) is 16.8 Å². The molecule has 1 amide bonds. The van der Waals surface area contributed by atoms with Crippen molar-refractivity contribution in [2.45, 2.75) is 18.3 Å². The number of hydrogen-bond acceptors (Lipinski definition) is 6. The summed E-state index contributed by atoms with van der Waals surface area (Å²) in [5.74, 6) is -0.997. The highest BCUT2D eigenvalue weighted by atomic mass is 19.4. The van der Waals surface area contributed by atoms with Crippen molar-refractivity contribution in [3.05, 3.63) is 70.0 Å². The SMILES string of the molecule is O=C(c1cccnc1)N1N=C(C(F)(F)F)CC1(O)c1ccc([N+](=O)[O-])cc1. The van der Waals surface area contributed by atoms with Gasteiger partial charge in [0, 0.05) is 30.1 Å². The third-order valence-corrected chi connectivity index (χ3v) is 3.95. The lowest BCUT2D eigenvalue weighted by atomic mass is 9.96. The first-order valence-electron chi connectivity index (χ1n) is 7.49. The Morgan fingerprint density at radius 3 is 2.44 bits per heavy atom. The number of hydrazone groups is 1. The summed E-state index contributed by atoms with van der Waals surface area (Å²) in [5, 5.41) is 25.3. The van der Waals surface area contributed by atoms with E-state index in [0.29, 0.717) is 5.01 Å². The van der Waals surface area contributed by atoms with Crippen LogP contribution in [0.15, 0.2) is 53.9 Å². The molecular weight excluding hydrogens is 369 g/mol. The molecule has 1 aliphatic rings. The van der Waals surface area contributed by atoms with Gasteiger partial charge < -0.3 is 5.11 Å². The fourth-order valence-electron chi connectivity index (χ4n) is 2.60. The molecule has 0 aliphatic carbocycles. The van der Waals surface area contributed by atoms with Gasteiger partial charge >= 0.3 is 6.18 Å². The fraction of sp³-hybridized carbons (Fsp3) is 0.188. The molecule has 0 saturated heterocycles. The number of carbonyl (C=O) groups excluding carboxylic acids is 1. The number of nitrogens with zero attached hydrogens (tertiary/aromatic N) is 4. The summed E-state index contributed by atoms with van der Waals surface area (Å²) in [6, 6.07) is 6.92. The number of alkyl halides is 3. The van der Waals surface area contributed by atoms with Crippen molar-refractivity contribution in [3.8, 4) is 0 Å². The summed E-state index contributed by atoms with van der Waals surface area (Å²) in [7, 11) is 0.